The van der Waals surface area contributed by atoms with E-state index in [4.69, 9.17) is 9.47 Å². The number of ether oxygens (including phenoxy) is 2. The number of methoxy groups -OCH3 is 1. The van der Waals surface area contributed by atoms with Gasteiger partial charge in [-0.25, -0.2) is 0 Å². The summed E-state index contributed by atoms with van der Waals surface area (Å²) in [5.74, 6) is 0.0189. The molecule has 2 atom stereocenters. The molecule has 2 aromatic rings. The van der Waals surface area contributed by atoms with E-state index in [1.807, 2.05) is 30.3 Å². The van der Waals surface area contributed by atoms with E-state index >= 15 is 0 Å². The zero-order valence-electron chi connectivity index (χ0n) is 15.2. The van der Waals surface area contributed by atoms with Crippen LogP contribution in [0.25, 0.3) is 10.8 Å². The van der Waals surface area contributed by atoms with Crippen molar-refractivity contribution in [1.29, 1.82) is 0 Å². The van der Waals surface area contributed by atoms with E-state index in [-0.39, 0.29) is 17.6 Å². The first kappa shape index (κ1) is 17.5. The fraction of sp³-hybridized carbons (Fsp3) is 0.476. The Morgan fingerprint density at radius 3 is 2.96 bits per heavy atom. The Hall–Kier alpha value is -1.95. The topological polar surface area (TPSA) is 50.8 Å². The molecule has 0 aliphatic carbocycles. The number of hydrogen-bond acceptors (Lipinski definition) is 4. The van der Waals surface area contributed by atoms with Crippen molar-refractivity contribution in [3.05, 3.63) is 42.5 Å². The maximum Gasteiger partial charge on any atom is 0.238 e. The van der Waals surface area contributed by atoms with Gasteiger partial charge in [0.25, 0.3) is 0 Å². The van der Waals surface area contributed by atoms with Crippen LogP contribution in [0, 0.1) is 0 Å². The summed E-state index contributed by atoms with van der Waals surface area (Å²) in [5, 5.41) is 5.28. The van der Waals surface area contributed by atoms with Gasteiger partial charge in [0.2, 0.25) is 5.91 Å². The smallest absolute Gasteiger partial charge is 0.238 e. The first-order valence-electron chi connectivity index (χ1n) is 9.37. The number of piperidine rings is 1. The minimum absolute atomic E-state index is 0.0189. The van der Waals surface area contributed by atoms with Gasteiger partial charge >= 0.3 is 0 Å². The number of nitrogens with one attached hydrogen (secondary N) is 1. The van der Waals surface area contributed by atoms with Crippen molar-refractivity contribution in [3.8, 4) is 0 Å². The number of fused-ring (bicyclic) bond motifs is 1. The van der Waals surface area contributed by atoms with Crippen molar-refractivity contribution >= 4 is 22.4 Å². The largest absolute Gasteiger partial charge is 0.378 e. The predicted molar refractivity (Wildman–Crippen MR) is 102 cm³/mol. The number of likely N-dealkylation sites (tertiary alicyclic amines) is 1. The molecule has 2 saturated heterocycles. The molecule has 2 fully saturated rings. The molecule has 0 aromatic heterocycles. The van der Waals surface area contributed by atoms with Crippen molar-refractivity contribution in [2.24, 2.45) is 0 Å². The fourth-order valence-corrected chi connectivity index (χ4v) is 4.41. The lowest BCUT2D eigenvalue weighted by Crippen LogP contribution is -2.58. The molecule has 2 aliphatic heterocycles. The summed E-state index contributed by atoms with van der Waals surface area (Å²) in [4.78, 5) is 14.8. The fourth-order valence-electron chi connectivity index (χ4n) is 4.41. The molecule has 2 aliphatic rings. The van der Waals surface area contributed by atoms with Crippen LogP contribution < -0.4 is 5.32 Å². The van der Waals surface area contributed by atoms with Crippen LogP contribution in [0.15, 0.2) is 42.5 Å². The van der Waals surface area contributed by atoms with Gasteiger partial charge in [-0.15, -0.1) is 0 Å². The molecular formula is C21H26N2O3. The van der Waals surface area contributed by atoms with E-state index in [0.717, 1.165) is 55.4 Å². The Balaban J connectivity index is 1.43. The van der Waals surface area contributed by atoms with Gasteiger partial charge in [0.15, 0.2) is 0 Å². The standard InChI is InChI=1S/C21H26N2O3/c1-25-19-10-12-23(15-21(19)11-5-13-26-21)14-20(24)22-18-9-4-7-16-6-2-3-8-17(16)18/h2-4,6-9,19H,5,10-15H2,1H3,(H,22,24)/t19-,21+/m0/s1. The molecule has 0 unspecified atom stereocenters. The Labute approximate surface area is 154 Å². The van der Waals surface area contributed by atoms with Crippen LogP contribution in [0.4, 0.5) is 5.69 Å². The zero-order valence-corrected chi connectivity index (χ0v) is 15.2. The molecule has 1 spiro atoms. The summed E-state index contributed by atoms with van der Waals surface area (Å²) >= 11 is 0. The van der Waals surface area contributed by atoms with Crippen LogP contribution >= 0.6 is 0 Å². The zero-order chi connectivity index (χ0) is 18.0. The highest BCUT2D eigenvalue weighted by Gasteiger charge is 2.47. The Morgan fingerprint density at radius 1 is 1.31 bits per heavy atom. The molecular weight excluding hydrogens is 328 g/mol. The first-order chi connectivity index (χ1) is 12.7. The van der Waals surface area contributed by atoms with Crippen LogP contribution in [0.1, 0.15) is 19.3 Å². The first-order valence-corrected chi connectivity index (χ1v) is 9.37. The summed E-state index contributed by atoms with van der Waals surface area (Å²) in [5.41, 5.74) is 0.624. The van der Waals surface area contributed by atoms with Gasteiger partial charge in [-0.3, -0.25) is 9.69 Å². The van der Waals surface area contributed by atoms with Crippen molar-refractivity contribution in [2.45, 2.75) is 31.0 Å². The quantitative estimate of drug-likeness (QED) is 0.917. The van der Waals surface area contributed by atoms with E-state index in [1.165, 1.54) is 0 Å². The average Bonchev–Trinajstić information content (AvgIpc) is 3.11. The number of carbonyl (C=O) groups is 1. The molecule has 4 rings (SSSR count). The number of nitrogens with zero attached hydrogens (tertiary/aromatic N) is 1. The number of anilines is 1. The maximum absolute atomic E-state index is 12.7. The normalized spacial score (nSPS) is 26.4. The van der Waals surface area contributed by atoms with Crippen molar-refractivity contribution < 1.29 is 14.3 Å². The van der Waals surface area contributed by atoms with Gasteiger partial charge < -0.3 is 14.8 Å². The third kappa shape index (κ3) is 3.34. The Kier molecular flexibility index (Phi) is 4.94. The second-order valence-electron chi connectivity index (χ2n) is 7.32. The monoisotopic (exact) mass is 354 g/mol. The molecule has 138 valence electrons. The molecule has 2 heterocycles. The molecule has 1 amide bonds. The minimum atomic E-state index is -0.243. The molecule has 26 heavy (non-hydrogen) atoms. The molecule has 0 saturated carbocycles. The van der Waals surface area contributed by atoms with Gasteiger partial charge in [0, 0.05) is 37.9 Å². The summed E-state index contributed by atoms with van der Waals surface area (Å²) < 4.78 is 11.7. The number of rotatable bonds is 4. The highest BCUT2D eigenvalue weighted by atomic mass is 16.5. The van der Waals surface area contributed by atoms with Gasteiger partial charge in [-0.1, -0.05) is 36.4 Å². The summed E-state index contributed by atoms with van der Waals surface area (Å²) in [6.07, 6.45) is 3.10. The SMILES string of the molecule is CO[C@H]1CCN(CC(=O)Nc2cccc3ccccc23)C[C@]12CCCO2. The van der Waals surface area contributed by atoms with Crippen molar-refractivity contribution in [2.75, 3.05) is 38.7 Å². The third-order valence-corrected chi connectivity index (χ3v) is 5.63. The summed E-state index contributed by atoms with van der Waals surface area (Å²) in [6, 6.07) is 14.1. The van der Waals surface area contributed by atoms with E-state index in [1.54, 1.807) is 7.11 Å². The lowest BCUT2D eigenvalue weighted by atomic mass is 9.87. The van der Waals surface area contributed by atoms with Crippen molar-refractivity contribution in [1.82, 2.24) is 4.90 Å². The van der Waals surface area contributed by atoms with E-state index < -0.39 is 0 Å². The summed E-state index contributed by atoms with van der Waals surface area (Å²) in [7, 11) is 1.76. The molecule has 0 bridgehead atoms. The average molecular weight is 354 g/mol. The van der Waals surface area contributed by atoms with Gasteiger partial charge in [-0.2, -0.15) is 0 Å². The third-order valence-electron chi connectivity index (χ3n) is 5.63. The van der Waals surface area contributed by atoms with Gasteiger partial charge in [0.1, 0.15) is 5.60 Å². The molecule has 2 aromatic carbocycles. The second-order valence-corrected chi connectivity index (χ2v) is 7.32. The van der Waals surface area contributed by atoms with Gasteiger partial charge in [0.05, 0.1) is 12.6 Å². The van der Waals surface area contributed by atoms with Crippen molar-refractivity contribution in [3.63, 3.8) is 0 Å². The number of benzene rings is 2. The van der Waals surface area contributed by atoms with E-state index in [9.17, 15) is 4.79 Å². The van der Waals surface area contributed by atoms with Crippen LogP contribution in [-0.2, 0) is 14.3 Å². The van der Waals surface area contributed by atoms with Crippen LogP contribution in [0.2, 0.25) is 0 Å². The van der Waals surface area contributed by atoms with E-state index in [2.05, 4.69) is 22.3 Å². The molecule has 5 nitrogen and oxygen atoms in total. The summed E-state index contributed by atoms with van der Waals surface area (Å²) in [6.45, 7) is 2.78. The highest BCUT2D eigenvalue weighted by molar-refractivity contribution is 6.02. The number of hydrogen-bond donors (Lipinski definition) is 1. The Bertz CT molecular complexity index is 780. The van der Waals surface area contributed by atoms with Crippen LogP contribution in [0.5, 0.6) is 0 Å². The number of amides is 1. The van der Waals surface area contributed by atoms with Crippen LogP contribution in [0.3, 0.4) is 0 Å². The Morgan fingerprint density at radius 2 is 2.15 bits per heavy atom. The van der Waals surface area contributed by atoms with Crippen LogP contribution in [-0.4, -0.2) is 55.9 Å². The van der Waals surface area contributed by atoms with Gasteiger partial charge in [-0.05, 0) is 30.7 Å². The lowest BCUT2D eigenvalue weighted by Gasteiger charge is -2.44. The maximum atomic E-state index is 12.7. The molecule has 1 N–H and O–H groups in total. The minimum Gasteiger partial charge on any atom is -0.378 e. The molecule has 0 radical (unpaired) electrons. The predicted octanol–water partition coefficient (Wildman–Crippen LogP) is 3.05. The number of carbonyl (C=O) groups excluding carboxylic acids is 1. The van der Waals surface area contributed by atoms with E-state index in [0.29, 0.717) is 6.54 Å². The molecule has 5 heteroatoms. The lowest BCUT2D eigenvalue weighted by molar-refractivity contribution is -0.146. The second kappa shape index (κ2) is 7.35. The highest BCUT2D eigenvalue weighted by Crippen LogP contribution is 2.36.